The van der Waals surface area contributed by atoms with Gasteiger partial charge in [-0.15, -0.1) is 0 Å². The van der Waals surface area contributed by atoms with Crippen LogP contribution >= 0.6 is 0 Å². The van der Waals surface area contributed by atoms with E-state index in [2.05, 4.69) is 14.7 Å². The zero-order valence-corrected chi connectivity index (χ0v) is 10.1. The molecule has 0 spiro atoms. The van der Waals surface area contributed by atoms with Crippen LogP contribution in [0.3, 0.4) is 0 Å². The van der Waals surface area contributed by atoms with E-state index in [0.717, 1.165) is 0 Å². The maximum Gasteiger partial charge on any atom is 0.339 e. The maximum absolute atomic E-state index is 11.5. The first kappa shape index (κ1) is 12.7. The van der Waals surface area contributed by atoms with Crippen molar-refractivity contribution in [3.8, 4) is 0 Å². The molecule has 0 aromatic carbocycles. The minimum absolute atomic E-state index is 0.205. The lowest BCUT2D eigenvalue weighted by Gasteiger charge is -2.04. The molecule has 98 valence electrons. The van der Waals surface area contributed by atoms with Gasteiger partial charge in [0.1, 0.15) is 0 Å². The molecule has 0 aliphatic carbocycles. The Balaban J connectivity index is 2.22. The summed E-state index contributed by atoms with van der Waals surface area (Å²) < 4.78 is 5.86. The number of hydrogen-bond acceptors (Lipinski definition) is 5. The van der Waals surface area contributed by atoms with E-state index < -0.39 is 17.2 Å². The van der Waals surface area contributed by atoms with Crippen LogP contribution in [-0.2, 0) is 11.3 Å². The molecule has 2 heterocycles. The number of aromatic nitrogens is 3. The predicted molar refractivity (Wildman–Crippen MR) is 66.0 cm³/mol. The third-order valence-electron chi connectivity index (χ3n) is 2.48. The van der Waals surface area contributed by atoms with E-state index in [1.54, 1.807) is 12.1 Å². The van der Waals surface area contributed by atoms with Gasteiger partial charge in [-0.3, -0.25) is 19.3 Å². The predicted octanol–water partition coefficient (Wildman–Crippen LogP) is -0.234. The molecule has 2 aromatic rings. The number of nitrogens with zero attached hydrogens (tertiary/aromatic N) is 2. The zero-order valence-electron chi connectivity index (χ0n) is 10.1. The van der Waals surface area contributed by atoms with Crippen LogP contribution in [0.15, 0.2) is 40.2 Å². The van der Waals surface area contributed by atoms with E-state index in [9.17, 15) is 14.4 Å². The summed E-state index contributed by atoms with van der Waals surface area (Å²) >= 11 is 0. The monoisotopic (exact) mass is 261 g/mol. The molecular formula is C12H11N3O4. The van der Waals surface area contributed by atoms with E-state index in [1.807, 2.05) is 0 Å². The smallest absolute Gasteiger partial charge is 0.339 e. The number of rotatable bonds is 3. The first-order valence-corrected chi connectivity index (χ1v) is 5.43. The van der Waals surface area contributed by atoms with Crippen molar-refractivity contribution < 1.29 is 9.53 Å². The molecule has 0 unspecified atom stereocenters. The Morgan fingerprint density at radius 3 is 2.74 bits per heavy atom. The fourth-order valence-corrected chi connectivity index (χ4v) is 1.50. The fourth-order valence-electron chi connectivity index (χ4n) is 1.50. The van der Waals surface area contributed by atoms with E-state index in [0.29, 0.717) is 11.3 Å². The van der Waals surface area contributed by atoms with Crippen molar-refractivity contribution in [2.75, 3.05) is 7.11 Å². The third-order valence-corrected chi connectivity index (χ3v) is 2.48. The molecule has 0 amide bonds. The number of ether oxygens (including phenoxy) is 1. The Hall–Kier alpha value is -2.70. The van der Waals surface area contributed by atoms with Gasteiger partial charge in [0.15, 0.2) is 0 Å². The Labute approximate surface area is 107 Å². The number of hydrogen-bond donors (Lipinski definition) is 1. The second kappa shape index (κ2) is 5.30. The highest BCUT2D eigenvalue weighted by molar-refractivity contribution is 5.88. The Bertz CT molecular complexity index is 700. The molecule has 2 aromatic heterocycles. The molecule has 0 fully saturated rings. The van der Waals surface area contributed by atoms with Gasteiger partial charge in [0.2, 0.25) is 0 Å². The fraction of sp³-hybridized carbons (Fsp3) is 0.167. The highest BCUT2D eigenvalue weighted by Gasteiger charge is 2.06. The lowest BCUT2D eigenvalue weighted by molar-refractivity contribution is 0.0600. The van der Waals surface area contributed by atoms with Crippen molar-refractivity contribution in [3.05, 3.63) is 62.7 Å². The van der Waals surface area contributed by atoms with Crippen molar-refractivity contribution in [2.24, 2.45) is 0 Å². The summed E-state index contributed by atoms with van der Waals surface area (Å²) in [5, 5.41) is 0. The van der Waals surface area contributed by atoms with Crippen molar-refractivity contribution in [1.82, 2.24) is 14.5 Å². The van der Waals surface area contributed by atoms with Crippen LogP contribution in [0.25, 0.3) is 0 Å². The summed E-state index contributed by atoms with van der Waals surface area (Å²) in [5.41, 5.74) is -0.0385. The van der Waals surface area contributed by atoms with E-state index >= 15 is 0 Å². The molecule has 1 N–H and O–H groups in total. The topological polar surface area (TPSA) is 94.0 Å². The van der Waals surface area contributed by atoms with Crippen molar-refractivity contribution in [2.45, 2.75) is 6.54 Å². The molecule has 19 heavy (non-hydrogen) atoms. The van der Waals surface area contributed by atoms with Gasteiger partial charge in [0.05, 0.1) is 24.9 Å². The van der Waals surface area contributed by atoms with Crippen LogP contribution in [-0.4, -0.2) is 27.6 Å². The van der Waals surface area contributed by atoms with E-state index in [4.69, 9.17) is 0 Å². The lowest BCUT2D eigenvalue weighted by Crippen LogP contribution is -2.29. The van der Waals surface area contributed by atoms with Crippen LogP contribution in [0.4, 0.5) is 0 Å². The van der Waals surface area contributed by atoms with Gasteiger partial charge in [0, 0.05) is 18.5 Å². The summed E-state index contributed by atoms with van der Waals surface area (Å²) in [7, 11) is 1.29. The maximum atomic E-state index is 11.5. The lowest BCUT2D eigenvalue weighted by atomic mass is 10.2. The van der Waals surface area contributed by atoms with E-state index in [1.165, 1.54) is 30.1 Å². The summed E-state index contributed by atoms with van der Waals surface area (Å²) in [6, 6.07) is 4.43. The third kappa shape index (κ3) is 2.95. The van der Waals surface area contributed by atoms with Crippen molar-refractivity contribution in [3.63, 3.8) is 0 Å². The summed E-state index contributed by atoms with van der Waals surface area (Å²) in [5.74, 6) is -0.472. The SMILES string of the molecule is COC(=O)c1ccc(Cn2ccc(=O)[nH]c2=O)nc1. The first-order valence-electron chi connectivity index (χ1n) is 5.43. The molecule has 7 nitrogen and oxygen atoms in total. The van der Waals surface area contributed by atoms with Crippen LogP contribution < -0.4 is 11.2 Å². The molecule has 7 heteroatoms. The average molecular weight is 261 g/mol. The van der Waals surface area contributed by atoms with Gasteiger partial charge in [-0.05, 0) is 12.1 Å². The molecular weight excluding hydrogens is 250 g/mol. The van der Waals surface area contributed by atoms with Gasteiger partial charge < -0.3 is 4.74 Å². The van der Waals surface area contributed by atoms with Crippen molar-refractivity contribution >= 4 is 5.97 Å². The number of carbonyl (C=O) groups is 1. The summed E-state index contributed by atoms with van der Waals surface area (Å²) in [6.07, 6.45) is 2.76. The molecule has 2 rings (SSSR count). The van der Waals surface area contributed by atoms with Gasteiger partial charge >= 0.3 is 11.7 Å². The number of esters is 1. The quantitative estimate of drug-likeness (QED) is 0.770. The largest absolute Gasteiger partial charge is 0.465 e. The number of aromatic amines is 1. The Morgan fingerprint density at radius 2 is 2.16 bits per heavy atom. The van der Waals surface area contributed by atoms with Crippen LogP contribution in [0.2, 0.25) is 0 Å². The number of carbonyl (C=O) groups excluding carboxylic acids is 1. The zero-order chi connectivity index (χ0) is 13.8. The highest BCUT2D eigenvalue weighted by atomic mass is 16.5. The van der Waals surface area contributed by atoms with E-state index in [-0.39, 0.29) is 6.54 Å². The van der Waals surface area contributed by atoms with Gasteiger partial charge in [-0.25, -0.2) is 9.59 Å². The normalized spacial score (nSPS) is 10.2. The first-order chi connectivity index (χ1) is 9.10. The molecule has 0 saturated heterocycles. The van der Waals surface area contributed by atoms with Gasteiger partial charge in [0.25, 0.3) is 5.56 Å². The summed E-state index contributed by atoms with van der Waals surface area (Å²) in [6.45, 7) is 0.205. The highest BCUT2D eigenvalue weighted by Crippen LogP contribution is 2.02. The van der Waals surface area contributed by atoms with Crippen LogP contribution in [0.5, 0.6) is 0 Å². The average Bonchev–Trinajstić information content (AvgIpc) is 2.42. The summed E-state index contributed by atoms with van der Waals surface area (Å²) in [4.78, 5) is 39.8. The molecule has 0 aliphatic rings. The number of pyridine rings is 1. The van der Waals surface area contributed by atoms with Gasteiger partial charge in [-0.2, -0.15) is 0 Å². The minimum Gasteiger partial charge on any atom is -0.465 e. The molecule has 0 saturated carbocycles. The van der Waals surface area contributed by atoms with Crippen LogP contribution in [0.1, 0.15) is 16.1 Å². The number of nitrogens with one attached hydrogen (secondary N) is 1. The molecule has 0 atom stereocenters. The number of methoxy groups -OCH3 is 1. The molecule has 0 radical (unpaired) electrons. The number of H-pyrrole nitrogens is 1. The van der Waals surface area contributed by atoms with Crippen LogP contribution in [0, 0.1) is 0 Å². The molecule has 0 bridgehead atoms. The minimum atomic E-state index is -0.508. The standard InChI is InChI=1S/C12H11N3O4/c1-19-11(17)8-2-3-9(13-6-8)7-15-5-4-10(16)14-12(15)18/h2-6H,7H2,1H3,(H,14,16,18). The Kier molecular flexibility index (Phi) is 3.56. The van der Waals surface area contributed by atoms with Crippen molar-refractivity contribution in [1.29, 1.82) is 0 Å². The molecule has 0 aliphatic heterocycles. The second-order valence-electron chi connectivity index (χ2n) is 3.77. The Morgan fingerprint density at radius 1 is 1.37 bits per heavy atom. The van der Waals surface area contributed by atoms with Gasteiger partial charge in [-0.1, -0.05) is 0 Å². The second-order valence-corrected chi connectivity index (χ2v) is 3.77.